The quantitative estimate of drug-likeness (QED) is 0.158. The fourth-order valence-electron chi connectivity index (χ4n) is 2.65. The van der Waals surface area contributed by atoms with Gasteiger partial charge in [-0.1, -0.05) is 0 Å². The Hall–Kier alpha value is -4.00. The predicted molar refractivity (Wildman–Crippen MR) is 118 cm³/mol. The Bertz CT molecular complexity index is 1060. The van der Waals surface area contributed by atoms with Crippen molar-refractivity contribution < 1.29 is 28.2 Å². The lowest BCUT2D eigenvalue weighted by molar-refractivity contribution is -0.117. The third-order valence-corrected chi connectivity index (χ3v) is 4.07. The van der Waals surface area contributed by atoms with E-state index in [-0.39, 0.29) is 45.1 Å². The molecule has 2 aromatic rings. The number of amidine groups is 1. The highest BCUT2D eigenvalue weighted by Gasteiger charge is 2.16. The normalized spacial score (nSPS) is 10.8. The van der Waals surface area contributed by atoms with Crippen LogP contribution in [0.25, 0.3) is 0 Å². The number of guanidine groups is 1. The van der Waals surface area contributed by atoms with Crippen LogP contribution in [0.5, 0.6) is 0 Å². The summed E-state index contributed by atoms with van der Waals surface area (Å²) in [5, 5.41) is 5.32. The molecule has 0 aliphatic heterocycles. The van der Waals surface area contributed by atoms with Gasteiger partial charge in [-0.05, 0) is 12.1 Å². The van der Waals surface area contributed by atoms with E-state index in [0.29, 0.717) is 22.8 Å². The lowest BCUT2D eigenvalue weighted by Crippen LogP contribution is -3.00. The van der Waals surface area contributed by atoms with Crippen LogP contribution in [0.3, 0.4) is 0 Å². The van der Waals surface area contributed by atoms with E-state index in [2.05, 4.69) is 20.6 Å². The maximum Gasteiger partial charge on any atom is 1.00 e. The minimum atomic E-state index is -0.510. The first kappa shape index (κ1) is 26.0. The molecule has 0 saturated carbocycles. The van der Waals surface area contributed by atoms with Crippen LogP contribution in [0.2, 0.25) is 0 Å². The van der Waals surface area contributed by atoms with Gasteiger partial charge in [0.1, 0.15) is 23.8 Å². The second-order valence-corrected chi connectivity index (χ2v) is 6.69. The summed E-state index contributed by atoms with van der Waals surface area (Å²) in [4.78, 5) is 43.6. The Morgan fingerprint density at radius 3 is 2.25 bits per heavy atom. The number of hydrogen-bond acceptors (Lipinski definition) is 5. The monoisotopic (exact) mass is 466 g/mol. The summed E-state index contributed by atoms with van der Waals surface area (Å²) in [5.41, 5.74) is 22.8. The summed E-state index contributed by atoms with van der Waals surface area (Å²) in [6.45, 7) is 0.160. The number of aromatic nitrogens is 2. The van der Waals surface area contributed by atoms with Gasteiger partial charge in [0.2, 0.25) is 5.91 Å². The van der Waals surface area contributed by atoms with Gasteiger partial charge in [0.15, 0.2) is 5.96 Å². The van der Waals surface area contributed by atoms with Crippen LogP contribution >= 0.6 is 0 Å². The van der Waals surface area contributed by atoms with Gasteiger partial charge in [-0.2, -0.15) is 0 Å². The summed E-state index contributed by atoms with van der Waals surface area (Å²) < 4.78 is 3.14. The number of rotatable bonds is 9. The molecule has 0 aliphatic rings. The molecule has 2 rings (SSSR count). The number of hydrogen-bond donors (Lipinski definition) is 6. The number of anilines is 1. The topological polar surface area (TPSA) is 214 Å². The van der Waals surface area contributed by atoms with Crippen LogP contribution in [-0.4, -0.2) is 51.7 Å². The minimum absolute atomic E-state index is 0. The van der Waals surface area contributed by atoms with Gasteiger partial charge in [-0.15, -0.1) is 0 Å². The average Bonchev–Trinajstić information content (AvgIpc) is 3.21. The number of aryl methyl sites for hydroxylation is 2. The Balaban J connectivity index is 0.00000512. The van der Waals surface area contributed by atoms with Crippen LogP contribution in [0.4, 0.5) is 11.4 Å². The number of primary amides is 1. The maximum absolute atomic E-state index is 12.7. The summed E-state index contributed by atoms with van der Waals surface area (Å²) in [6, 6.07) is 3.07. The zero-order valence-corrected chi connectivity index (χ0v) is 18.4. The second kappa shape index (κ2) is 11.4. The van der Waals surface area contributed by atoms with E-state index in [9.17, 15) is 14.4 Å². The van der Waals surface area contributed by atoms with E-state index in [4.69, 9.17) is 22.9 Å². The van der Waals surface area contributed by atoms with Crippen LogP contribution < -0.4 is 46.0 Å². The van der Waals surface area contributed by atoms with Crippen molar-refractivity contribution in [3.8, 4) is 0 Å². The smallest absolute Gasteiger partial charge is 1.00 e. The number of nitrogens with one attached hydrogen (secondary N) is 2. The lowest BCUT2D eigenvalue weighted by Gasteiger charge is -2.04. The zero-order chi connectivity index (χ0) is 23.1. The number of amides is 3. The van der Waals surface area contributed by atoms with E-state index >= 15 is 0 Å². The lowest BCUT2D eigenvalue weighted by atomic mass is 10.3. The van der Waals surface area contributed by atoms with Gasteiger partial charge in [0, 0.05) is 39.5 Å². The summed E-state index contributed by atoms with van der Waals surface area (Å²) >= 11 is 0. The van der Waals surface area contributed by atoms with Crippen molar-refractivity contribution in [3.05, 3.63) is 35.9 Å². The molecular formula is C18H27ClN10O3. The van der Waals surface area contributed by atoms with E-state index in [1.807, 2.05) is 0 Å². The van der Waals surface area contributed by atoms with Gasteiger partial charge in [0.25, 0.3) is 11.8 Å². The Kier molecular flexibility index (Phi) is 9.28. The van der Waals surface area contributed by atoms with E-state index in [1.54, 1.807) is 41.7 Å². The fourth-order valence-corrected chi connectivity index (χ4v) is 2.65. The number of nitrogens with zero attached hydrogens (tertiary/aromatic N) is 4. The zero-order valence-electron chi connectivity index (χ0n) is 18.6. The number of carbonyl (C=O) groups excluding carboxylic acids is 3. The molecule has 0 aromatic carbocycles. The molecule has 2 heterocycles. The predicted octanol–water partition coefficient (Wildman–Crippen LogP) is -4.40. The Labute approximate surface area is 191 Å². The molecule has 0 aliphatic carbocycles. The fraction of sp³-hybridized carbons (Fsp3) is 0.278. The number of halogens is 1. The molecule has 174 valence electrons. The molecule has 14 heteroatoms. The molecule has 3 amide bonds. The molecule has 0 saturated heterocycles. The molecule has 10 N–H and O–H groups in total. The van der Waals surface area contributed by atoms with Crippen molar-refractivity contribution >= 4 is 40.9 Å². The first-order chi connectivity index (χ1) is 14.6. The summed E-state index contributed by atoms with van der Waals surface area (Å²) in [6.07, 6.45) is 3.25. The first-order valence-corrected chi connectivity index (χ1v) is 9.15. The molecule has 0 atom stereocenters. The molecular weight excluding hydrogens is 440 g/mol. The van der Waals surface area contributed by atoms with Gasteiger partial charge in [-0.25, -0.2) is 9.98 Å². The van der Waals surface area contributed by atoms with Gasteiger partial charge in [-0.3, -0.25) is 14.4 Å². The van der Waals surface area contributed by atoms with Crippen LogP contribution in [0, 0.1) is 0 Å². The Morgan fingerprint density at radius 2 is 1.62 bits per heavy atom. The summed E-state index contributed by atoms with van der Waals surface area (Å²) in [5.74, 6) is -1.23. The second-order valence-electron chi connectivity index (χ2n) is 6.69. The van der Waals surface area contributed by atoms with Crippen molar-refractivity contribution in [2.75, 3.05) is 18.4 Å². The molecule has 0 fully saturated rings. The molecule has 0 radical (unpaired) electrons. The van der Waals surface area contributed by atoms with Crippen LogP contribution in [-0.2, 0) is 18.9 Å². The number of nitrogens with two attached hydrogens (primary N) is 4. The average molecular weight is 467 g/mol. The third-order valence-electron chi connectivity index (χ3n) is 4.07. The van der Waals surface area contributed by atoms with Gasteiger partial charge >= 0.3 is 1.43 Å². The third kappa shape index (κ3) is 7.36. The highest BCUT2D eigenvalue weighted by Crippen LogP contribution is 2.19. The van der Waals surface area contributed by atoms with Gasteiger partial charge in [0.05, 0.1) is 11.4 Å². The van der Waals surface area contributed by atoms with Crippen molar-refractivity contribution in [2.45, 2.75) is 6.42 Å². The van der Waals surface area contributed by atoms with Crippen molar-refractivity contribution in [3.63, 3.8) is 0 Å². The molecule has 0 unspecified atom stereocenters. The van der Waals surface area contributed by atoms with Gasteiger partial charge < -0.3 is 55.1 Å². The highest BCUT2D eigenvalue weighted by atomic mass is 35.5. The number of carbonyl (C=O) groups is 3. The minimum Gasteiger partial charge on any atom is -1.00 e. The van der Waals surface area contributed by atoms with Crippen molar-refractivity contribution in [1.82, 2.24) is 14.5 Å². The highest BCUT2D eigenvalue weighted by molar-refractivity contribution is 6.05. The first-order valence-electron chi connectivity index (χ1n) is 9.15. The van der Waals surface area contributed by atoms with Crippen molar-refractivity contribution in [1.29, 1.82) is 0 Å². The van der Waals surface area contributed by atoms with Crippen LogP contribution in [0.15, 0.2) is 34.5 Å². The maximum atomic E-state index is 12.7. The largest absolute Gasteiger partial charge is 1.00 e. The SMILES string of the molecule is Cn1cc(NC(=O)c2cc(N=C(N)CN=C(N)N)cn2C)cc1C(=O)NCCC(N)=O.[Cl-].[H+]. The molecule has 13 nitrogen and oxygen atoms in total. The van der Waals surface area contributed by atoms with E-state index in [1.165, 1.54) is 6.07 Å². The van der Waals surface area contributed by atoms with Crippen LogP contribution in [0.1, 0.15) is 28.8 Å². The standard InChI is InChI=1S/C18H26N10O3.ClH/c1-27-9-11(6-12(27)16(30)23-4-3-15(20)29)26-17(31)13-5-10(8-28(13)2)25-14(19)7-24-18(21)22;/h5-6,8-9H,3-4,7H2,1-2H3,(H2,19,25)(H2,20,29)(H,23,30)(H,26,31)(H4,21,22,24);1H. The summed E-state index contributed by atoms with van der Waals surface area (Å²) in [7, 11) is 3.34. The van der Waals surface area contributed by atoms with Crippen molar-refractivity contribution in [2.24, 2.45) is 47.0 Å². The molecule has 0 spiro atoms. The number of aliphatic imine (C=N–C) groups is 2. The molecule has 0 bridgehead atoms. The van der Waals surface area contributed by atoms with E-state index < -0.39 is 17.7 Å². The Morgan fingerprint density at radius 1 is 1.00 bits per heavy atom. The molecule has 2 aromatic heterocycles. The van der Waals surface area contributed by atoms with E-state index in [0.717, 1.165) is 0 Å². The molecule has 32 heavy (non-hydrogen) atoms.